The van der Waals surface area contributed by atoms with Gasteiger partial charge in [-0.3, -0.25) is 0 Å². The van der Waals surface area contributed by atoms with Crippen LogP contribution in [-0.4, -0.2) is 44.8 Å². The molecule has 0 aliphatic carbocycles. The van der Waals surface area contributed by atoms with Crippen molar-refractivity contribution >= 4 is 5.69 Å². The van der Waals surface area contributed by atoms with Gasteiger partial charge in [0.2, 0.25) is 0 Å². The molecule has 0 saturated carbocycles. The molecule has 2 heterocycles. The Labute approximate surface area is 110 Å². The van der Waals surface area contributed by atoms with E-state index in [0.717, 1.165) is 17.6 Å². The average Bonchev–Trinajstić information content (AvgIpc) is 2.19. The lowest BCUT2D eigenvalue weighted by Gasteiger charge is -2.39. The Kier molecular flexibility index (Phi) is 6.08. The number of rotatable bonds is 1. The van der Waals surface area contributed by atoms with Gasteiger partial charge in [0.1, 0.15) is 0 Å². The summed E-state index contributed by atoms with van der Waals surface area (Å²) in [4.78, 5) is 5.51. The van der Waals surface area contributed by atoms with E-state index in [1.54, 1.807) is 0 Å². The number of aromatic nitrogens is 1. The van der Waals surface area contributed by atoms with Gasteiger partial charge < -0.3 is 34.2 Å². The van der Waals surface area contributed by atoms with Gasteiger partial charge in [0.05, 0.1) is 40.3 Å². The zero-order valence-corrected chi connectivity index (χ0v) is 11.3. The molecule has 16 heavy (non-hydrogen) atoms. The fourth-order valence-corrected chi connectivity index (χ4v) is 1.85. The Bertz CT molecular complexity index is 293. The molecule has 2 rings (SSSR count). The number of piperazine rings is 1. The number of hydrogen-bond acceptors (Lipinski definition) is 1. The van der Waals surface area contributed by atoms with Crippen LogP contribution in [0, 0.1) is 0 Å². The van der Waals surface area contributed by atoms with E-state index in [9.17, 15) is 0 Å². The molecule has 92 valence electrons. The maximum atomic E-state index is 3.06. The van der Waals surface area contributed by atoms with Gasteiger partial charge in [-0.2, -0.15) is 0 Å². The second kappa shape index (κ2) is 6.28. The van der Waals surface area contributed by atoms with Gasteiger partial charge in [0.15, 0.2) is 12.4 Å². The Balaban J connectivity index is 0.00000112. The topological polar surface area (TPSA) is 17.4 Å². The summed E-state index contributed by atoms with van der Waals surface area (Å²) in [5.41, 5.74) is 1.34. The summed E-state index contributed by atoms with van der Waals surface area (Å²) >= 11 is 0. The molecule has 0 spiro atoms. The number of pyridine rings is 1. The summed E-state index contributed by atoms with van der Waals surface area (Å²) in [6, 6.07) is 4.29. The monoisotopic (exact) mass is 263 g/mol. The number of H-pyrrole nitrogens is 1. The number of halogens is 2. The van der Waals surface area contributed by atoms with Crippen LogP contribution in [0.1, 0.15) is 0 Å². The average molecular weight is 264 g/mol. The van der Waals surface area contributed by atoms with Crippen LogP contribution in [0.5, 0.6) is 0 Å². The van der Waals surface area contributed by atoms with Crippen molar-refractivity contribution in [2.24, 2.45) is 0 Å². The van der Waals surface area contributed by atoms with Crippen LogP contribution < -0.4 is 34.7 Å². The fourth-order valence-electron chi connectivity index (χ4n) is 1.85. The van der Waals surface area contributed by atoms with Crippen molar-refractivity contribution in [1.29, 1.82) is 0 Å². The van der Waals surface area contributed by atoms with Gasteiger partial charge in [0.25, 0.3) is 0 Å². The summed E-state index contributed by atoms with van der Waals surface area (Å²) < 4.78 is 1.15. The highest BCUT2D eigenvalue weighted by Gasteiger charge is 2.24. The maximum Gasteiger partial charge on any atom is 0.169 e. The second-order valence-corrected chi connectivity index (χ2v) is 4.63. The van der Waals surface area contributed by atoms with Crippen LogP contribution in [0.25, 0.3) is 0 Å². The summed E-state index contributed by atoms with van der Waals surface area (Å²) in [7, 11) is 4.60. The van der Waals surface area contributed by atoms with Crippen molar-refractivity contribution in [3.63, 3.8) is 0 Å². The third-order valence-electron chi connectivity index (χ3n) is 3.02. The molecule has 0 amide bonds. The molecule has 5 heteroatoms. The van der Waals surface area contributed by atoms with Crippen molar-refractivity contribution in [1.82, 2.24) is 0 Å². The van der Waals surface area contributed by atoms with Gasteiger partial charge in [-0.1, -0.05) is 0 Å². The highest BCUT2D eigenvalue weighted by Crippen LogP contribution is 2.15. The van der Waals surface area contributed by atoms with E-state index in [-0.39, 0.29) is 24.8 Å². The van der Waals surface area contributed by atoms with E-state index in [4.69, 9.17) is 0 Å². The van der Waals surface area contributed by atoms with Crippen LogP contribution in [0.2, 0.25) is 0 Å². The SMILES string of the molecule is C[N+]1(C)CCN(c2cc[nH+]cc2)CC1.[Cl-].[Cl-]. The van der Waals surface area contributed by atoms with Crippen molar-refractivity contribution in [2.45, 2.75) is 0 Å². The van der Waals surface area contributed by atoms with Gasteiger partial charge in [-0.25, -0.2) is 4.98 Å². The molecular formula is C11H19Cl2N3. The van der Waals surface area contributed by atoms with E-state index >= 15 is 0 Å². The fraction of sp³-hybridized carbons (Fsp3) is 0.545. The predicted molar refractivity (Wildman–Crippen MR) is 57.1 cm³/mol. The molecule has 1 aromatic rings. The largest absolute Gasteiger partial charge is 1.00 e. The minimum absolute atomic E-state index is 0. The lowest BCUT2D eigenvalue weighted by Crippen LogP contribution is -3.00. The maximum absolute atomic E-state index is 3.06. The van der Waals surface area contributed by atoms with E-state index in [1.165, 1.54) is 18.8 Å². The molecule has 0 atom stereocenters. The quantitative estimate of drug-likeness (QED) is 0.462. The number of nitrogens with zero attached hydrogens (tertiary/aromatic N) is 2. The molecular weight excluding hydrogens is 245 g/mol. The standard InChI is InChI=1S/C11H18N3.2ClH/c1-14(2)9-7-13(8-10-14)11-3-5-12-6-4-11;;/h3-6H,7-10H2,1-2H3;2*1H/q+1;;/p-1. The molecule has 0 radical (unpaired) electrons. The van der Waals surface area contributed by atoms with Crippen LogP contribution in [0.3, 0.4) is 0 Å². The lowest BCUT2D eigenvalue weighted by molar-refractivity contribution is -0.890. The first-order chi connectivity index (χ1) is 6.67. The Morgan fingerprint density at radius 3 is 2.06 bits per heavy atom. The molecule has 1 N–H and O–H groups in total. The number of quaternary nitrogens is 1. The minimum atomic E-state index is 0. The zero-order valence-electron chi connectivity index (χ0n) is 9.79. The van der Waals surface area contributed by atoms with Crippen LogP contribution in [0.4, 0.5) is 5.69 Å². The van der Waals surface area contributed by atoms with Crippen LogP contribution >= 0.6 is 0 Å². The van der Waals surface area contributed by atoms with Gasteiger partial charge in [-0.15, -0.1) is 0 Å². The predicted octanol–water partition coefficient (Wildman–Crippen LogP) is -5.59. The Morgan fingerprint density at radius 1 is 1.06 bits per heavy atom. The lowest BCUT2D eigenvalue weighted by atomic mass is 10.2. The van der Waals surface area contributed by atoms with Crippen molar-refractivity contribution in [3.8, 4) is 0 Å². The summed E-state index contributed by atoms with van der Waals surface area (Å²) in [5, 5.41) is 0. The molecule has 1 aliphatic heterocycles. The first-order valence-electron chi connectivity index (χ1n) is 5.20. The minimum Gasteiger partial charge on any atom is -1.00 e. The number of hydrogen-bond donors (Lipinski definition) is 0. The van der Waals surface area contributed by atoms with Crippen molar-refractivity contribution in [3.05, 3.63) is 24.5 Å². The normalized spacial score (nSPS) is 18.2. The van der Waals surface area contributed by atoms with Crippen LogP contribution in [-0.2, 0) is 0 Å². The third kappa shape index (κ3) is 3.81. The molecule has 0 aromatic carbocycles. The van der Waals surface area contributed by atoms with E-state index < -0.39 is 0 Å². The van der Waals surface area contributed by atoms with E-state index in [2.05, 4.69) is 36.1 Å². The molecule has 1 fully saturated rings. The number of aromatic amines is 1. The van der Waals surface area contributed by atoms with Gasteiger partial charge in [-0.05, 0) is 0 Å². The first-order valence-corrected chi connectivity index (χ1v) is 5.20. The molecule has 0 bridgehead atoms. The smallest absolute Gasteiger partial charge is 0.169 e. The Hall–Kier alpha value is -0.510. The van der Waals surface area contributed by atoms with Crippen molar-refractivity contribution in [2.75, 3.05) is 45.2 Å². The number of likely N-dealkylation sites (N-methyl/N-ethyl adjacent to an activating group) is 1. The van der Waals surface area contributed by atoms with E-state index in [0.29, 0.717) is 0 Å². The van der Waals surface area contributed by atoms with Crippen molar-refractivity contribution < 1.29 is 34.3 Å². The number of nitrogens with one attached hydrogen (secondary N) is 1. The molecule has 1 saturated heterocycles. The van der Waals surface area contributed by atoms with Gasteiger partial charge >= 0.3 is 0 Å². The molecule has 3 nitrogen and oxygen atoms in total. The molecule has 0 unspecified atom stereocenters. The highest BCUT2D eigenvalue weighted by atomic mass is 35.5. The van der Waals surface area contributed by atoms with Gasteiger partial charge in [0, 0.05) is 17.8 Å². The highest BCUT2D eigenvalue weighted by molar-refractivity contribution is 5.43. The van der Waals surface area contributed by atoms with Crippen LogP contribution in [0.15, 0.2) is 24.5 Å². The molecule has 1 aliphatic rings. The molecule has 1 aromatic heterocycles. The second-order valence-electron chi connectivity index (χ2n) is 4.63. The van der Waals surface area contributed by atoms with E-state index in [1.807, 2.05) is 12.4 Å². The summed E-state index contributed by atoms with van der Waals surface area (Å²) in [5.74, 6) is 0. The first kappa shape index (κ1) is 15.5. The zero-order chi connectivity index (χ0) is 10.0. The number of anilines is 1. The summed E-state index contributed by atoms with van der Waals surface area (Å²) in [6.07, 6.45) is 3.98. The third-order valence-corrected chi connectivity index (χ3v) is 3.02. The Morgan fingerprint density at radius 2 is 1.56 bits per heavy atom. The summed E-state index contributed by atoms with van der Waals surface area (Å²) in [6.45, 7) is 4.80.